The van der Waals surface area contributed by atoms with E-state index >= 15 is 0 Å². The van der Waals surface area contributed by atoms with Gasteiger partial charge in [-0.3, -0.25) is 0 Å². The van der Waals surface area contributed by atoms with Gasteiger partial charge in [0.25, 0.3) is 5.92 Å². The molecule has 3 N–H and O–H groups in total. The van der Waals surface area contributed by atoms with Crippen LogP contribution in [0.3, 0.4) is 0 Å². The molecule has 0 heterocycles. The monoisotopic (exact) mass is 213 g/mol. The number of phenolic OH excluding ortho intramolecular Hbond substituents is 1. The minimum absolute atomic E-state index is 0.157. The maximum atomic E-state index is 13.9. The Kier molecular flexibility index (Phi) is 2.19. The minimum Gasteiger partial charge on any atom is -0.508 e. The summed E-state index contributed by atoms with van der Waals surface area (Å²) in [5.41, 5.74) is 4.00. The van der Waals surface area contributed by atoms with Crippen LogP contribution >= 0.6 is 0 Å². The molecule has 1 aromatic carbocycles. The van der Waals surface area contributed by atoms with Crippen LogP contribution < -0.4 is 5.73 Å². The molecule has 0 aliphatic heterocycles. The van der Waals surface area contributed by atoms with E-state index in [2.05, 4.69) is 0 Å². The van der Waals surface area contributed by atoms with Gasteiger partial charge in [-0.1, -0.05) is 12.1 Å². The molecule has 2 nitrogen and oxygen atoms in total. The van der Waals surface area contributed by atoms with Crippen molar-refractivity contribution in [2.24, 2.45) is 5.73 Å². The van der Waals surface area contributed by atoms with E-state index in [0.29, 0.717) is 12.8 Å². The zero-order valence-electron chi connectivity index (χ0n) is 8.21. The fourth-order valence-corrected chi connectivity index (χ4v) is 1.86. The molecule has 0 saturated heterocycles. The highest BCUT2D eigenvalue weighted by atomic mass is 19.3. The van der Waals surface area contributed by atoms with Crippen molar-refractivity contribution in [1.29, 1.82) is 0 Å². The van der Waals surface area contributed by atoms with E-state index < -0.39 is 11.5 Å². The second-order valence-electron chi connectivity index (χ2n) is 4.13. The van der Waals surface area contributed by atoms with E-state index in [4.69, 9.17) is 10.8 Å². The molecule has 0 aromatic heterocycles. The SMILES string of the molecule is NC1(C(F)(F)c2cccc(O)c2)CCC1. The maximum absolute atomic E-state index is 13.9. The zero-order chi connectivity index (χ0) is 11.1. The summed E-state index contributed by atoms with van der Waals surface area (Å²) in [6, 6.07) is 5.14. The van der Waals surface area contributed by atoms with E-state index in [0.717, 1.165) is 12.5 Å². The molecular weight excluding hydrogens is 200 g/mol. The third-order valence-corrected chi connectivity index (χ3v) is 3.08. The zero-order valence-corrected chi connectivity index (χ0v) is 8.21. The molecule has 15 heavy (non-hydrogen) atoms. The lowest BCUT2D eigenvalue weighted by atomic mass is 9.71. The second kappa shape index (κ2) is 3.17. The highest BCUT2D eigenvalue weighted by molar-refractivity contribution is 5.33. The Morgan fingerprint density at radius 2 is 2.00 bits per heavy atom. The van der Waals surface area contributed by atoms with Gasteiger partial charge in [-0.2, -0.15) is 8.78 Å². The van der Waals surface area contributed by atoms with Crippen LogP contribution in [-0.4, -0.2) is 10.6 Å². The highest BCUT2D eigenvalue weighted by Crippen LogP contribution is 2.48. The number of hydrogen-bond donors (Lipinski definition) is 2. The molecule has 1 aliphatic carbocycles. The Hall–Kier alpha value is -1.16. The van der Waals surface area contributed by atoms with Crippen LogP contribution in [0.5, 0.6) is 5.75 Å². The van der Waals surface area contributed by atoms with E-state index in [1.54, 1.807) is 0 Å². The Labute approximate surface area is 86.7 Å². The standard InChI is InChI=1S/C11H13F2NO/c12-11(13,10(14)5-2-6-10)8-3-1-4-9(15)7-8/h1,3-4,7,15H,2,5-6,14H2. The molecule has 0 amide bonds. The normalized spacial score (nSPS) is 19.7. The highest BCUT2D eigenvalue weighted by Gasteiger charge is 2.55. The second-order valence-corrected chi connectivity index (χ2v) is 4.13. The number of rotatable bonds is 2. The molecule has 1 aromatic rings. The molecule has 1 fully saturated rings. The van der Waals surface area contributed by atoms with Crippen LogP contribution in [-0.2, 0) is 5.92 Å². The van der Waals surface area contributed by atoms with Crippen molar-refractivity contribution in [3.63, 3.8) is 0 Å². The van der Waals surface area contributed by atoms with Gasteiger partial charge >= 0.3 is 0 Å². The molecule has 0 unspecified atom stereocenters. The molecule has 4 heteroatoms. The van der Waals surface area contributed by atoms with Crippen molar-refractivity contribution in [2.75, 3.05) is 0 Å². The molecular formula is C11H13F2NO. The first-order valence-corrected chi connectivity index (χ1v) is 4.92. The summed E-state index contributed by atoms with van der Waals surface area (Å²) >= 11 is 0. The van der Waals surface area contributed by atoms with E-state index in [-0.39, 0.29) is 11.3 Å². The van der Waals surface area contributed by atoms with Crippen molar-refractivity contribution in [1.82, 2.24) is 0 Å². The lowest BCUT2D eigenvalue weighted by Crippen LogP contribution is -2.58. The first-order chi connectivity index (χ1) is 6.96. The Morgan fingerprint density at radius 1 is 1.33 bits per heavy atom. The van der Waals surface area contributed by atoms with E-state index in [9.17, 15) is 8.78 Å². The summed E-state index contributed by atoms with van der Waals surface area (Å²) in [5, 5.41) is 9.16. The predicted octanol–water partition coefficient (Wildman–Crippen LogP) is 2.37. The number of nitrogens with two attached hydrogens (primary N) is 1. The van der Waals surface area contributed by atoms with Gasteiger partial charge in [-0.15, -0.1) is 0 Å². The van der Waals surface area contributed by atoms with Gasteiger partial charge in [0.05, 0.1) is 5.54 Å². The van der Waals surface area contributed by atoms with Crippen molar-refractivity contribution in [2.45, 2.75) is 30.7 Å². The van der Waals surface area contributed by atoms with Crippen molar-refractivity contribution in [3.8, 4) is 5.75 Å². The third kappa shape index (κ3) is 1.49. The molecule has 82 valence electrons. The molecule has 0 bridgehead atoms. The lowest BCUT2D eigenvalue weighted by molar-refractivity contribution is -0.113. The van der Waals surface area contributed by atoms with Crippen molar-refractivity contribution < 1.29 is 13.9 Å². The van der Waals surface area contributed by atoms with Gasteiger partial charge in [0.1, 0.15) is 5.75 Å². The Bertz CT molecular complexity index is 375. The number of phenols is 1. The minimum atomic E-state index is -3.07. The quantitative estimate of drug-likeness (QED) is 0.792. The lowest BCUT2D eigenvalue weighted by Gasteiger charge is -2.44. The topological polar surface area (TPSA) is 46.2 Å². The van der Waals surface area contributed by atoms with Crippen molar-refractivity contribution >= 4 is 0 Å². The van der Waals surface area contributed by atoms with Gasteiger partial charge in [0, 0.05) is 5.56 Å². The number of aromatic hydroxyl groups is 1. The average Bonchev–Trinajstić information content (AvgIpc) is 2.14. The molecule has 2 rings (SSSR count). The van der Waals surface area contributed by atoms with Gasteiger partial charge in [0.2, 0.25) is 0 Å². The molecule has 1 saturated carbocycles. The predicted molar refractivity (Wildman–Crippen MR) is 52.8 cm³/mol. The summed E-state index contributed by atoms with van der Waals surface area (Å²) in [4.78, 5) is 0. The number of benzene rings is 1. The van der Waals surface area contributed by atoms with Crippen LogP contribution in [0, 0.1) is 0 Å². The Balaban J connectivity index is 2.36. The molecule has 0 spiro atoms. The smallest absolute Gasteiger partial charge is 0.290 e. The van der Waals surface area contributed by atoms with Crippen LogP contribution in [0.15, 0.2) is 24.3 Å². The van der Waals surface area contributed by atoms with Crippen LogP contribution in [0.2, 0.25) is 0 Å². The Morgan fingerprint density at radius 3 is 2.47 bits per heavy atom. The van der Waals surface area contributed by atoms with E-state index in [1.807, 2.05) is 0 Å². The summed E-state index contributed by atoms with van der Waals surface area (Å²) in [5.74, 6) is -3.22. The first-order valence-electron chi connectivity index (χ1n) is 4.92. The third-order valence-electron chi connectivity index (χ3n) is 3.08. The van der Waals surface area contributed by atoms with Crippen LogP contribution in [0.1, 0.15) is 24.8 Å². The summed E-state index contributed by atoms with van der Waals surface area (Å²) in [7, 11) is 0. The van der Waals surface area contributed by atoms with Crippen molar-refractivity contribution in [3.05, 3.63) is 29.8 Å². The summed E-state index contributed by atoms with van der Waals surface area (Å²) < 4.78 is 27.9. The first kappa shape index (κ1) is 10.4. The largest absolute Gasteiger partial charge is 0.508 e. The number of halogens is 2. The van der Waals surface area contributed by atoms with Gasteiger partial charge < -0.3 is 10.8 Å². The van der Waals surface area contributed by atoms with Gasteiger partial charge in [-0.05, 0) is 31.4 Å². The average molecular weight is 213 g/mol. The van der Waals surface area contributed by atoms with Gasteiger partial charge in [0.15, 0.2) is 0 Å². The summed E-state index contributed by atoms with van der Waals surface area (Å²) in [6.45, 7) is 0. The molecule has 0 radical (unpaired) electrons. The van der Waals surface area contributed by atoms with E-state index in [1.165, 1.54) is 18.2 Å². The summed E-state index contributed by atoms with van der Waals surface area (Å²) in [6.07, 6.45) is 1.40. The number of hydrogen-bond acceptors (Lipinski definition) is 2. The molecule has 1 aliphatic rings. The fraction of sp³-hybridized carbons (Fsp3) is 0.455. The van der Waals surface area contributed by atoms with Crippen LogP contribution in [0.4, 0.5) is 8.78 Å². The van der Waals surface area contributed by atoms with Gasteiger partial charge in [-0.25, -0.2) is 0 Å². The van der Waals surface area contributed by atoms with Crippen LogP contribution in [0.25, 0.3) is 0 Å². The number of alkyl halides is 2. The molecule has 0 atom stereocenters. The fourth-order valence-electron chi connectivity index (χ4n) is 1.86. The maximum Gasteiger partial charge on any atom is 0.290 e.